The lowest BCUT2D eigenvalue weighted by atomic mass is 10.1. The molecule has 6 rings (SSSR count). The summed E-state index contributed by atoms with van der Waals surface area (Å²) in [5, 5.41) is 7.63. The normalized spacial score (nSPS) is 13.7. The largest absolute Gasteiger partial charge is 0.493 e. The van der Waals surface area contributed by atoms with E-state index < -0.39 is 11.7 Å². The number of nitrogens with one attached hydrogen (secondary N) is 1. The molecule has 1 aliphatic rings. The van der Waals surface area contributed by atoms with Crippen LogP contribution in [0.1, 0.15) is 28.0 Å². The number of anilines is 1. The highest BCUT2D eigenvalue weighted by Crippen LogP contribution is 2.38. The molecule has 0 radical (unpaired) electrons. The number of amides is 1. The van der Waals surface area contributed by atoms with Crippen LogP contribution < -0.4 is 25.1 Å². The molecule has 1 aliphatic heterocycles. The zero-order valence-electron chi connectivity index (χ0n) is 28.0. The van der Waals surface area contributed by atoms with Crippen molar-refractivity contribution in [2.75, 3.05) is 58.8 Å². The SMILES string of the molecule is COc1cc2c(Oc3ccc(NC(=O)c4nn(-c5ccccc5C)c(=O)cc4C)cc3F)ccnc2cc1OCCCN1CCN(C)CC1. The molecule has 12 heteroatoms. The molecule has 3 aromatic carbocycles. The van der Waals surface area contributed by atoms with Crippen molar-refractivity contribution in [3.05, 3.63) is 106 Å². The molecule has 0 atom stereocenters. The van der Waals surface area contributed by atoms with Crippen molar-refractivity contribution in [1.82, 2.24) is 24.6 Å². The first kappa shape index (κ1) is 33.6. The van der Waals surface area contributed by atoms with Crippen molar-refractivity contribution in [3.63, 3.8) is 0 Å². The Morgan fingerprint density at radius 2 is 1.71 bits per heavy atom. The summed E-state index contributed by atoms with van der Waals surface area (Å²) in [6.45, 7) is 9.25. The Morgan fingerprint density at radius 3 is 2.47 bits per heavy atom. The smallest absolute Gasteiger partial charge is 0.276 e. The van der Waals surface area contributed by atoms with Crippen LogP contribution in [-0.2, 0) is 0 Å². The van der Waals surface area contributed by atoms with E-state index in [1.807, 2.05) is 19.1 Å². The van der Waals surface area contributed by atoms with Crippen LogP contribution in [0.2, 0.25) is 0 Å². The Hall–Kier alpha value is -5.33. The molecule has 11 nitrogen and oxygen atoms in total. The minimum absolute atomic E-state index is 0.0409. The molecule has 0 aliphatic carbocycles. The fourth-order valence-electron chi connectivity index (χ4n) is 5.74. The second kappa shape index (κ2) is 14.8. The van der Waals surface area contributed by atoms with E-state index in [2.05, 4.69) is 32.2 Å². The number of fused-ring (bicyclic) bond motifs is 1. The van der Waals surface area contributed by atoms with E-state index in [-0.39, 0.29) is 22.7 Å². The van der Waals surface area contributed by atoms with Crippen molar-refractivity contribution in [2.24, 2.45) is 0 Å². The number of ether oxygens (including phenoxy) is 3. The van der Waals surface area contributed by atoms with Crippen LogP contribution in [0.15, 0.2) is 77.7 Å². The molecular formula is C37H39FN6O5. The van der Waals surface area contributed by atoms with E-state index in [0.717, 1.165) is 50.8 Å². The lowest BCUT2D eigenvalue weighted by Crippen LogP contribution is -2.44. The first-order valence-electron chi connectivity index (χ1n) is 16.2. The minimum Gasteiger partial charge on any atom is -0.493 e. The highest BCUT2D eigenvalue weighted by molar-refractivity contribution is 6.03. The summed E-state index contributed by atoms with van der Waals surface area (Å²) in [7, 11) is 3.71. The third-order valence-corrected chi connectivity index (χ3v) is 8.55. The minimum atomic E-state index is -0.690. The number of carbonyl (C=O) groups is 1. The average molecular weight is 667 g/mol. The number of likely N-dealkylation sites (N-methyl/N-ethyl adjacent to an activating group) is 1. The molecule has 0 bridgehead atoms. The van der Waals surface area contributed by atoms with Crippen LogP contribution in [-0.4, -0.2) is 84.0 Å². The van der Waals surface area contributed by atoms with Gasteiger partial charge in [0.2, 0.25) is 0 Å². The van der Waals surface area contributed by atoms with Crippen LogP contribution in [0, 0.1) is 19.7 Å². The number of rotatable bonds is 11. The maximum absolute atomic E-state index is 15.4. The van der Waals surface area contributed by atoms with E-state index in [9.17, 15) is 9.59 Å². The third kappa shape index (κ3) is 7.71. The lowest BCUT2D eigenvalue weighted by Gasteiger charge is -2.32. The Bertz CT molecular complexity index is 2040. The number of aromatic nitrogens is 3. The van der Waals surface area contributed by atoms with E-state index in [0.29, 0.717) is 46.0 Å². The average Bonchev–Trinajstić information content (AvgIpc) is 3.09. The second-order valence-electron chi connectivity index (χ2n) is 12.1. The van der Waals surface area contributed by atoms with E-state index >= 15 is 4.39 Å². The van der Waals surface area contributed by atoms with Crippen LogP contribution in [0.3, 0.4) is 0 Å². The molecule has 254 valence electrons. The van der Waals surface area contributed by atoms with Gasteiger partial charge in [-0.25, -0.2) is 4.39 Å². The fourth-order valence-corrected chi connectivity index (χ4v) is 5.74. The number of hydrogen-bond donors (Lipinski definition) is 1. The van der Waals surface area contributed by atoms with Gasteiger partial charge in [-0.2, -0.15) is 9.78 Å². The Balaban J connectivity index is 1.15. The molecule has 0 saturated carbocycles. The summed E-state index contributed by atoms with van der Waals surface area (Å²) in [6.07, 6.45) is 2.46. The van der Waals surface area contributed by atoms with Gasteiger partial charge in [0.15, 0.2) is 28.8 Å². The van der Waals surface area contributed by atoms with Crippen LogP contribution in [0.5, 0.6) is 23.0 Å². The van der Waals surface area contributed by atoms with Gasteiger partial charge in [0.1, 0.15) is 5.75 Å². The molecule has 0 spiro atoms. The van der Waals surface area contributed by atoms with Crippen molar-refractivity contribution >= 4 is 22.5 Å². The number of para-hydroxylation sites is 1. The van der Waals surface area contributed by atoms with Crippen molar-refractivity contribution in [2.45, 2.75) is 20.3 Å². The topological polar surface area (TPSA) is 111 Å². The Labute approximate surface area is 283 Å². The lowest BCUT2D eigenvalue weighted by molar-refractivity contribution is 0.102. The number of benzene rings is 3. The third-order valence-electron chi connectivity index (χ3n) is 8.55. The number of hydrogen-bond acceptors (Lipinski definition) is 9. The van der Waals surface area contributed by atoms with E-state index in [4.69, 9.17) is 14.2 Å². The van der Waals surface area contributed by atoms with Gasteiger partial charge in [0, 0.05) is 68.2 Å². The van der Waals surface area contributed by atoms with Crippen LogP contribution in [0.4, 0.5) is 10.1 Å². The summed E-state index contributed by atoms with van der Waals surface area (Å²) >= 11 is 0. The Morgan fingerprint density at radius 1 is 0.918 bits per heavy atom. The van der Waals surface area contributed by atoms with Gasteiger partial charge in [0.25, 0.3) is 11.5 Å². The zero-order chi connectivity index (χ0) is 34.5. The fraction of sp³-hybridized carbons (Fsp3) is 0.297. The molecule has 49 heavy (non-hydrogen) atoms. The summed E-state index contributed by atoms with van der Waals surface area (Å²) in [6, 6.07) is 17.9. The summed E-state index contributed by atoms with van der Waals surface area (Å²) in [5.74, 6) is 0.140. The standard InChI is InChI=1S/C37H39FN6O5/c1-24-8-5-6-9-30(24)44-35(45)20-25(2)36(41-44)37(46)40-26-10-11-32(28(38)21-26)49-31-12-13-39-29-23-34(33(47-4)22-27(29)31)48-19-7-14-43-17-15-42(3)16-18-43/h5-6,8-13,20-23H,7,14-19H2,1-4H3,(H,40,46). The number of carbonyl (C=O) groups excluding carboxylic acids is 1. The molecule has 1 amide bonds. The van der Waals surface area contributed by atoms with Gasteiger partial charge < -0.3 is 29.3 Å². The molecule has 3 heterocycles. The van der Waals surface area contributed by atoms with Gasteiger partial charge in [-0.3, -0.25) is 14.6 Å². The van der Waals surface area contributed by atoms with Gasteiger partial charge >= 0.3 is 0 Å². The van der Waals surface area contributed by atoms with Crippen LogP contribution >= 0.6 is 0 Å². The van der Waals surface area contributed by atoms with Crippen molar-refractivity contribution in [1.29, 1.82) is 0 Å². The number of halogens is 1. The molecule has 1 saturated heterocycles. The van der Waals surface area contributed by atoms with Gasteiger partial charge in [0.05, 0.1) is 24.9 Å². The molecule has 1 N–H and O–H groups in total. The summed E-state index contributed by atoms with van der Waals surface area (Å²) in [4.78, 5) is 35.2. The molecular weight excluding hydrogens is 627 g/mol. The summed E-state index contributed by atoms with van der Waals surface area (Å²) in [5.41, 5.74) is 2.26. The maximum Gasteiger partial charge on any atom is 0.276 e. The molecule has 2 aromatic heterocycles. The van der Waals surface area contributed by atoms with E-state index in [1.54, 1.807) is 50.6 Å². The summed E-state index contributed by atoms with van der Waals surface area (Å²) < 4.78 is 34.3. The first-order chi connectivity index (χ1) is 23.7. The Kier molecular flexibility index (Phi) is 10.2. The maximum atomic E-state index is 15.4. The number of pyridine rings is 1. The number of nitrogens with zero attached hydrogens (tertiary/aromatic N) is 5. The number of aryl methyl sites for hydroxylation is 2. The van der Waals surface area contributed by atoms with Crippen molar-refractivity contribution in [3.8, 4) is 28.7 Å². The highest BCUT2D eigenvalue weighted by atomic mass is 19.1. The first-order valence-corrected chi connectivity index (χ1v) is 16.2. The van der Waals surface area contributed by atoms with Crippen molar-refractivity contribution < 1.29 is 23.4 Å². The van der Waals surface area contributed by atoms with E-state index in [1.165, 1.54) is 22.9 Å². The number of piperazine rings is 1. The molecule has 5 aromatic rings. The predicted molar refractivity (Wildman–Crippen MR) is 186 cm³/mol. The molecule has 1 fully saturated rings. The number of methoxy groups -OCH3 is 1. The predicted octanol–water partition coefficient (Wildman–Crippen LogP) is 5.61. The molecule has 0 unspecified atom stereocenters. The van der Waals surface area contributed by atoms with Gasteiger partial charge in [-0.15, -0.1) is 0 Å². The second-order valence-corrected chi connectivity index (χ2v) is 12.1. The highest BCUT2D eigenvalue weighted by Gasteiger charge is 2.18. The quantitative estimate of drug-likeness (QED) is 0.180. The monoisotopic (exact) mass is 666 g/mol. The van der Waals surface area contributed by atoms with Crippen LogP contribution in [0.25, 0.3) is 16.6 Å². The van der Waals surface area contributed by atoms with Gasteiger partial charge in [-0.1, -0.05) is 18.2 Å². The zero-order valence-corrected chi connectivity index (χ0v) is 28.0. The van der Waals surface area contributed by atoms with Gasteiger partial charge in [-0.05, 0) is 68.8 Å².